The summed E-state index contributed by atoms with van der Waals surface area (Å²) in [6, 6.07) is 0. The number of nitrogens with zero attached hydrogens (tertiary/aromatic N) is 2. The lowest BCUT2D eigenvalue weighted by Gasteiger charge is -2.45. The number of hydrogen-bond donors (Lipinski definition) is 1. The van der Waals surface area contributed by atoms with Crippen LogP contribution in [0.2, 0.25) is 0 Å². The van der Waals surface area contributed by atoms with Gasteiger partial charge in [-0.25, -0.2) is 0 Å². The number of aryl methyl sites for hydroxylation is 1. The third kappa shape index (κ3) is 2.23. The minimum absolute atomic E-state index is 0.460. The van der Waals surface area contributed by atoms with Crippen molar-refractivity contribution in [2.75, 3.05) is 0 Å². The van der Waals surface area contributed by atoms with E-state index in [1.165, 1.54) is 0 Å². The molecule has 0 bridgehead atoms. The van der Waals surface area contributed by atoms with Gasteiger partial charge in [-0.1, -0.05) is 13.8 Å². The van der Waals surface area contributed by atoms with Crippen LogP contribution in [0.4, 0.5) is 0 Å². The van der Waals surface area contributed by atoms with Crippen molar-refractivity contribution in [2.24, 2.45) is 18.9 Å². The first-order chi connectivity index (χ1) is 6.98. The zero-order valence-electron chi connectivity index (χ0n) is 9.77. The molecule has 0 saturated heterocycles. The smallest absolute Gasteiger partial charge is 0.0694 e. The van der Waals surface area contributed by atoms with Crippen LogP contribution >= 0.6 is 0 Å². The van der Waals surface area contributed by atoms with Crippen LogP contribution in [-0.2, 0) is 13.5 Å². The van der Waals surface area contributed by atoms with E-state index in [9.17, 15) is 5.11 Å². The van der Waals surface area contributed by atoms with Gasteiger partial charge in [-0.15, -0.1) is 0 Å². The molecular weight excluding hydrogens is 188 g/mol. The Morgan fingerprint density at radius 3 is 2.73 bits per heavy atom. The molecule has 0 aromatic carbocycles. The van der Waals surface area contributed by atoms with E-state index in [4.69, 9.17) is 0 Å². The van der Waals surface area contributed by atoms with E-state index in [0.29, 0.717) is 11.8 Å². The zero-order valence-corrected chi connectivity index (χ0v) is 9.77. The van der Waals surface area contributed by atoms with Crippen molar-refractivity contribution in [2.45, 2.75) is 38.7 Å². The molecule has 1 heterocycles. The standard InChI is InChI=1S/C12H20N2O/c1-9(2)11-5-12(15,6-11)4-10-7-13-14(3)8-10/h7-9,11,15H,4-6H2,1-3H3. The quantitative estimate of drug-likeness (QED) is 0.822. The molecule has 3 heteroatoms. The largest absolute Gasteiger partial charge is 0.390 e. The Kier molecular flexibility index (Phi) is 2.59. The molecule has 0 aliphatic heterocycles. The van der Waals surface area contributed by atoms with Gasteiger partial charge in [-0.05, 0) is 30.2 Å². The van der Waals surface area contributed by atoms with E-state index in [1.807, 2.05) is 19.4 Å². The Morgan fingerprint density at radius 2 is 2.27 bits per heavy atom. The molecule has 0 unspecified atom stereocenters. The molecule has 0 spiro atoms. The van der Waals surface area contributed by atoms with Gasteiger partial charge >= 0.3 is 0 Å². The number of aromatic nitrogens is 2. The average Bonchev–Trinajstić information content (AvgIpc) is 2.46. The molecule has 3 nitrogen and oxygen atoms in total. The minimum Gasteiger partial charge on any atom is -0.390 e. The van der Waals surface area contributed by atoms with Crippen molar-refractivity contribution < 1.29 is 5.11 Å². The highest BCUT2D eigenvalue weighted by molar-refractivity contribution is 5.11. The molecular formula is C12H20N2O. The van der Waals surface area contributed by atoms with E-state index < -0.39 is 5.60 Å². The third-order valence-electron chi connectivity index (χ3n) is 3.52. The number of aliphatic hydroxyl groups is 1. The zero-order chi connectivity index (χ0) is 11.1. The van der Waals surface area contributed by atoms with Crippen molar-refractivity contribution >= 4 is 0 Å². The van der Waals surface area contributed by atoms with Crippen LogP contribution in [0.5, 0.6) is 0 Å². The average molecular weight is 208 g/mol. The maximum absolute atomic E-state index is 10.3. The predicted molar refractivity (Wildman–Crippen MR) is 59.4 cm³/mol. The monoisotopic (exact) mass is 208 g/mol. The van der Waals surface area contributed by atoms with Gasteiger partial charge in [0, 0.05) is 19.7 Å². The molecule has 2 rings (SSSR count). The highest BCUT2D eigenvalue weighted by Crippen LogP contribution is 2.43. The second-order valence-electron chi connectivity index (χ2n) is 5.34. The number of hydrogen-bond acceptors (Lipinski definition) is 2. The Hall–Kier alpha value is -0.830. The molecule has 15 heavy (non-hydrogen) atoms. The second kappa shape index (κ2) is 3.63. The maximum Gasteiger partial charge on any atom is 0.0694 e. The van der Waals surface area contributed by atoms with Crippen LogP contribution in [0.1, 0.15) is 32.3 Å². The van der Waals surface area contributed by atoms with Gasteiger partial charge in [0.1, 0.15) is 0 Å². The fourth-order valence-electron chi connectivity index (χ4n) is 2.48. The molecule has 1 aromatic heterocycles. The van der Waals surface area contributed by atoms with Crippen molar-refractivity contribution in [3.8, 4) is 0 Å². The van der Waals surface area contributed by atoms with Gasteiger partial charge in [0.05, 0.1) is 11.8 Å². The van der Waals surface area contributed by atoms with Gasteiger partial charge in [0.25, 0.3) is 0 Å². The number of rotatable bonds is 3. The molecule has 0 atom stereocenters. The van der Waals surface area contributed by atoms with Gasteiger partial charge in [0.15, 0.2) is 0 Å². The lowest BCUT2D eigenvalue weighted by atomic mass is 9.64. The summed E-state index contributed by atoms with van der Waals surface area (Å²) >= 11 is 0. The molecule has 1 aromatic rings. The highest BCUT2D eigenvalue weighted by atomic mass is 16.3. The first-order valence-corrected chi connectivity index (χ1v) is 5.68. The van der Waals surface area contributed by atoms with Crippen LogP contribution in [0.25, 0.3) is 0 Å². The molecule has 1 fully saturated rings. The van der Waals surface area contributed by atoms with Crippen LogP contribution in [0, 0.1) is 11.8 Å². The third-order valence-corrected chi connectivity index (χ3v) is 3.52. The maximum atomic E-state index is 10.3. The Labute approximate surface area is 91.1 Å². The van der Waals surface area contributed by atoms with E-state index >= 15 is 0 Å². The summed E-state index contributed by atoms with van der Waals surface area (Å²) < 4.78 is 1.79. The van der Waals surface area contributed by atoms with Crippen LogP contribution in [-0.4, -0.2) is 20.5 Å². The predicted octanol–water partition coefficient (Wildman–Crippen LogP) is 1.76. The molecule has 1 aliphatic rings. The van der Waals surface area contributed by atoms with Crippen molar-refractivity contribution in [1.82, 2.24) is 9.78 Å². The first-order valence-electron chi connectivity index (χ1n) is 5.68. The van der Waals surface area contributed by atoms with Gasteiger partial charge in [-0.2, -0.15) is 5.10 Å². The molecule has 1 saturated carbocycles. The summed E-state index contributed by atoms with van der Waals surface area (Å²) in [6.07, 6.45) is 6.48. The van der Waals surface area contributed by atoms with Gasteiger partial charge in [0.2, 0.25) is 0 Å². The fraction of sp³-hybridized carbons (Fsp3) is 0.750. The molecule has 1 aliphatic carbocycles. The van der Waals surface area contributed by atoms with E-state index in [0.717, 1.165) is 24.8 Å². The Balaban J connectivity index is 1.91. The summed E-state index contributed by atoms with van der Waals surface area (Å²) in [5.41, 5.74) is 0.681. The van der Waals surface area contributed by atoms with E-state index in [1.54, 1.807) is 4.68 Å². The summed E-state index contributed by atoms with van der Waals surface area (Å²) in [7, 11) is 1.91. The highest BCUT2D eigenvalue weighted by Gasteiger charge is 2.43. The van der Waals surface area contributed by atoms with Gasteiger partial charge < -0.3 is 5.11 Å². The SMILES string of the molecule is CC(C)C1CC(O)(Cc2cnn(C)c2)C1. The summed E-state index contributed by atoms with van der Waals surface area (Å²) in [5.74, 6) is 1.39. The first kappa shape index (κ1) is 10.7. The van der Waals surface area contributed by atoms with Crippen LogP contribution in [0.15, 0.2) is 12.4 Å². The topological polar surface area (TPSA) is 38.1 Å². The molecule has 0 amide bonds. The summed E-state index contributed by atoms with van der Waals surface area (Å²) in [5, 5.41) is 14.4. The van der Waals surface area contributed by atoms with E-state index in [2.05, 4.69) is 18.9 Å². The fourth-order valence-corrected chi connectivity index (χ4v) is 2.48. The van der Waals surface area contributed by atoms with Crippen LogP contribution in [0.3, 0.4) is 0 Å². The Morgan fingerprint density at radius 1 is 1.60 bits per heavy atom. The second-order valence-corrected chi connectivity index (χ2v) is 5.34. The lowest BCUT2D eigenvalue weighted by molar-refractivity contribution is -0.0860. The summed E-state index contributed by atoms with van der Waals surface area (Å²) in [4.78, 5) is 0. The molecule has 0 radical (unpaired) electrons. The van der Waals surface area contributed by atoms with Crippen LogP contribution < -0.4 is 0 Å². The summed E-state index contributed by atoms with van der Waals surface area (Å²) in [6.45, 7) is 4.46. The van der Waals surface area contributed by atoms with Gasteiger partial charge in [-0.3, -0.25) is 4.68 Å². The van der Waals surface area contributed by atoms with E-state index in [-0.39, 0.29) is 0 Å². The van der Waals surface area contributed by atoms with Crippen molar-refractivity contribution in [3.63, 3.8) is 0 Å². The Bertz CT molecular complexity index is 337. The molecule has 84 valence electrons. The molecule has 1 N–H and O–H groups in total. The van der Waals surface area contributed by atoms with Crippen molar-refractivity contribution in [3.05, 3.63) is 18.0 Å². The van der Waals surface area contributed by atoms with Crippen molar-refractivity contribution in [1.29, 1.82) is 0 Å². The minimum atomic E-state index is -0.460. The normalized spacial score (nSPS) is 30.6. The lowest BCUT2D eigenvalue weighted by Crippen LogP contribution is -2.47.